The van der Waals surface area contributed by atoms with Crippen LogP contribution in [0.2, 0.25) is 0 Å². The van der Waals surface area contributed by atoms with Crippen molar-refractivity contribution < 1.29 is 64.4 Å². The second-order valence-electron chi connectivity index (χ2n) is 16.2. The molecule has 0 radical (unpaired) electrons. The fourth-order valence-electron chi connectivity index (χ4n) is 7.13. The predicted molar refractivity (Wildman–Crippen MR) is 228 cm³/mol. The number of aliphatic hydroxyl groups is 1. The lowest BCUT2D eigenvalue weighted by molar-refractivity contribution is -0.991. The van der Waals surface area contributed by atoms with Gasteiger partial charge >= 0.3 is 5.97 Å². The maximum atomic E-state index is 13.9. The minimum Gasteiger partial charge on any atom is -0.595 e. The van der Waals surface area contributed by atoms with Crippen molar-refractivity contribution in [3.8, 4) is 22.6 Å². The van der Waals surface area contributed by atoms with E-state index in [1.165, 1.54) is 65.4 Å². The number of hydrogen-bond acceptors (Lipinski definition) is 12. The highest BCUT2D eigenvalue weighted by atomic mass is 16.8. The molecule has 0 aliphatic carbocycles. The zero-order chi connectivity index (χ0) is 47.1. The number of benzene rings is 2. The SMILES string of the molecule is CC[C@@H](C)CCCCCCCCC(=O)N(C)[C@H](CO)C(=O)N[C@H](C)C(=O)NCC(=O)N(C)[C@H]1C(=O)N[C@@H](C)C(=O)N[C@@H](C(=O)O)Cc2cc(c(O)c([NH+]([O-])O)c2)-c2cc1ccc2O. The van der Waals surface area contributed by atoms with Crippen LogP contribution in [-0.4, -0.2) is 128 Å². The van der Waals surface area contributed by atoms with Crippen molar-refractivity contribution in [1.29, 1.82) is 0 Å². The Balaban J connectivity index is 1.75. The molecule has 7 atom stereocenters. The number of unbranched alkanes of at least 4 members (excludes halogenated alkanes) is 5. The van der Waals surface area contributed by atoms with E-state index in [1.54, 1.807) is 0 Å². The Morgan fingerprint density at radius 2 is 1.56 bits per heavy atom. The van der Waals surface area contributed by atoms with Gasteiger partial charge in [-0.3, -0.25) is 28.8 Å². The number of rotatable bonds is 20. The van der Waals surface area contributed by atoms with E-state index in [1.807, 2.05) is 0 Å². The molecule has 2 aromatic rings. The lowest BCUT2D eigenvalue weighted by atomic mass is 9.93. The van der Waals surface area contributed by atoms with Crippen molar-refractivity contribution >= 4 is 47.1 Å². The van der Waals surface area contributed by atoms with Crippen LogP contribution in [0, 0.1) is 11.1 Å². The van der Waals surface area contributed by atoms with E-state index in [9.17, 15) is 64.4 Å². The van der Waals surface area contributed by atoms with Crippen LogP contribution in [0.15, 0.2) is 30.3 Å². The number of nitrogens with one attached hydrogen (secondary N) is 5. The predicted octanol–water partition coefficient (Wildman–Crippen LogP) is 0.905. The van der Waals surface area contributed by atoms with Gasteiger partial charge in [-0.25, -0.2) is 10.0 Å². The van der Waals surface area contributed by atoms with Crippen molar-refractivity contribution in [2.45, 2.75) is 122 Å². The van der Waals surface area contributed by atoms with Gasteiger partial charge in [0.1, 0.15) is 36.0 Å². The van der Waals surface area contributed by atoms with Gasteiger partial charge in [0, 0.05) is 44.1 Å². The maximum absolute atomic E-state index is 13.9. The molecule has 0 saturated carbocycles. The van der Waals surface area contributed by atoms with Gasteiger partial charge in [0.25, 0.3) is 0 Å². The molecule has 0 fully saturated rings. The van der Waals surface area contributed by atoms with Gasteiger partial charge in [0.15, 0.2) is 5.75 Å². The minimum absolute atomic E-state index is 0.0130. The molecular formula is C43H63N7O13. The molecule has 1 unspecified atom stereocenters. The normalized spacial score (nSPS) is 18.3. The van der Waals surface area contributed by atoms with E-state index < -0.39 is 108 Å². The summed E-state index contributed by atoms with van der Waals surface area (Å²) in [6.45, 7) is 5.59. The van der Waals surface area contributed by atoms with E-state index in [0.29, 0.717) is 6.42 Å². The van der Waals surface area contributed by atoms with Gasteiger partial charge in [0.2, 0.25) is 41.1 Å². The molecule has 63 heavy (non-hydrogen) atoms. The largest absolute Gasteiger partial charge is 0.595 e. The number of quaternary nitrogens is 1. The number of phenols is 2. The first-order valence-electron chi connectivity index (χ1n) is 21.2. The zero-order valence-corrected chi connectivity index (χ0v) is 36.7. The van der Waals surface area contributed by atoms with Gasteiger partial charge < -0.3 is 56.7 Å². The highest BCUT2D eigenvalue weighted by Crippen LogP contribution is 2.41. The number of aliphatic hydroxyl groups excluding tert-OH is 1. The number of carbonyl (C=O) groups is 7. The number of carbonyl (C=O) groups excluding carboxylic acids is 6. The van der Waals surface area contributed by atoms with Crippen LogP contribution in [0.1, 0.15) is 103 Å². The fourth-order valence-corrected chi connectivity index (χ4v) is 7.13. The number of phenolic OH excluding ortho intramolecular Hbond substituents is 2. The number of amides is 6. The third-order valence-electron chi connectivity index (χ3n) is 11.4. The molecule has 1 heterocycles. The molecule has 20 nitrogen and oxygen atoms in total. The second-order valence-corrected chi connectivity index (χ2v) is 16.2. The van der Waals surface area contributed by atoms with Gasteiger partial charge in [-0.2, -0.15) is 5.23 Å². The molecule has 3 rings (SSSR count). The lowest BCUT2D eigenvalue weighted by Gasteiger charge is -2.30. The Bertz CT molecular complexity index is 1960. The highest BCUT2D eigenvalue weighted by molar-refractivity contribution is 5.96. The van der Waals surface area contributed by atoms with E-state index in [-0.39, 0.29) is 34.6 Å². The summed E-state index contributed by atoms with van der Waals surface area (Å²) < 4.78 is 0. The third kappa shape index (κ3) is 14.4. The van der Waals surface area contributed by atoms with Crippen LogP contribution in [0.4, 0.5) is 5.69 Å². The first-order valence-corrected chi connectivity index (χ1v) is 21.2. The van der Waals surface area contributed by atoms with Crippen molar-refractivity contribution in [3.05, 3.63) is 46.7 Å². The van der Waals surface area contributed by atoms with Crippen LogP contribution in [0.25, 0.3) is 11.1 Å². The monoisotopic (exact) mass is 885 g/mol. The van der Waals surface area contributed by atoms with Crippen molar-refractivity contribution in [2.24, 2.45) is 5.92 Å². The molecule has 0 saturated heterocycles. The molecule has 0 aromatic heterocycles. The molecule has 4 bridgehead atoms. The summed E-state index contributed by atoms with van der Waals surface area (Å²) in [5, 5.41) is 71.8. The maximum Gasteiger partial charge on any atom is 0.326 e. The Labute approximate surface area is 366 Å². The number of fused-ring (bicyclic) bond motifs is 5. The number of hydrogen-bond donors (Lipinski definition) is 10. The van der Waals surface area contributed by atoms with E-state index in [2.05, 4.69) is 35.1 Å². The molecule has 10 N–H and O–H groups in total. The van der Waals surface area contributed by atoms with Crippen molar-refractivity contribution in [3.63, 3.8) is 0 Å². The number of carboxylic acid groups (broad SMARTS) is 1. The topological polar surface area (TPSA) is 303 Å². The average Bonchev–Trinajstić information content (AvgIpc) is 3.23. The van der Waals surface area contributed by atoms with Gasteiger partial charge in [-0.05, 0) is 55.5 Å². The van der Waals surface area contributed by atoms with Gasteiger partial charge in [-0.15, -0.1) is 0 Å². The van der Waals surface area contributed by atoms with Gasteiger partial charge in [0.05, 0.1) is 13.2 Å². The number of aliphatic carboxylic acids is 1. The summed E-state index contributed by atoms with van der Waals surface area (Å²) in [6.07, 6.45) is 7.98. The van der Waals surface area contributed by atoms with E-state index in [0.717, 1.165) is 53.5 Å². The molecule has 0 spiro atoms. The summed E-state index contributed by atoms with van der Waals surface area (Å²) in [6, 6.07) is -1.24. The number of aromatic hydroxyl groups is 2. The zero-order valence-electron chi connectivity index (χ0n) is 36.7. The first-order chi connectivity index (χ1) is 29.7. The standard InChI is InChI=1S/C43H63N7O13/c1-7-24(2)14-12-10-8-9-11-13-15-35(53)48(5)33(23-51)41(58)45-25(3)39(56)44-22-36(54)49(6)37-28-16-17-34(52)29(21-28)30-18-27(20-32(38(30)55)50(62)63)19-31(43(60)61)47-40(57)26(4)46-42(37)59/h16-18,20-21,24-26,31,33,37,50-52,55,62H,7-15,19,22-23H2,1-6H3,(H,44,56)(H,45,58)(H,46,59)(H,47,57)(H,60,61)/t24-,25-,26+,31-,33-,37-/m1/s1. The smallest absolute Gasteiger partial charge is 0.326 e. The second kappa shape index (κ2) is 24.1. The third-order valence-corrected chi connectivity index (χ3v) is 11.4. The Kier molecular flexibility index (Phi) is 19.7. The molecule has 2 aromatic carbocycles. The van der Waals surface area contributed by atoms with Crippen LogP contribution in [-0.2, 0) is 40.0 Å². The summed E-state index contributed by atoms with van der Waals surface area (Å²) in [5.74, 6) is -6.76. The molecule has 1 aliphatic rings. The van der Waals surface area contributed by atoms with Crippen LogP contribution in [0.5, 0.6) is 11.5 Å². The lowest BCUT2D eigenvalue weighted by Crippen LogP contribution is -2.99. The van der Waals surface area contributed by atoms with E-state index >= 15 is 0 Å². The van der Waals surface area contributed by atoms with Crippen LogP contribution < -0.4 is 26.5 Å². The quantitative estimate of drug-likeness (QED) is 0.0503. The number of nitrogens with zero attached hydrogens (tertiary/aromatic N) is 2. The molecule has 348 valence electrons. The van der Waals surface area contributed by atoms with Gasteiger partial charge in [-0.1, -0.05) is 64.9 Å². The molecule has 6 amide bonds. The van der Waals surface area contributed by atoms with Crippen molar-refractivity contribution in [2.75, 3.05) is 27.2 Å². The summed E-state index contributed by atoms with van der Waals surface area (Å²) in [7, 11) is 2.60. The summed E-state index contributed by atoms with van der Waals surface area (Å²) in [4.78, 5) is 94.0. The highest BCUT2D eigenvalue weighted by Gasteiger charge is 2.34. The Morgan fingerprint density at radius 3 is 2.17 bits per heavy atom. The van der Waals surface area contributed by atoms with E-state index in [4.69, 9.17) is 0 Å². The summed E-state index contributed by atoms with van der Waals surface area (Å²) in [5.41, 5.74) is -1.01. The Morgan fingerprint density at radius 1 is 0.905 bits per heavy atom. The molecule has 1 aliphatic heterocycles. The Hall–Kier alpha value is -5.83. The minimum atomic E-state index is -1.62. The summed E-state index contributed by atoms with van der Waals surface area (Å²) >= 11 is 0. The molecule has 20 heteroatoms. The number of carboxylic acids is 1. The first kappa shape index (κ1) is 51.5. The van der Waals surface area contributed by atoms with Crippen LogP contribution in [0.3, 0.4) is 0 Å². The average molecular weight is 886 g/mol. The van der Waals surface area contributed by atoms with Crippen LogP contribution >= 0.6 is 0 Å². The fraction of sp³-hybridized carbons (Fsp3) is 0.558. The number of likely N-dealkylation sites (N-methyl/N-ethyl adjacent to an activating group) is 2. The van der Waals surface area contributed by atoms with Crippen molar-refractivity contribution in [1.82, 2.24) is 31.1 Å². The molecular weight excluding hydrogens is 823 g/mol.